The summed E-state index contributed by atoms with van der Waals surface area (Å²) in [6.07, 6.45) is -0.850. The molecular weight excluding hydrogens is 347 g/mol. The summed E-state index contributed by atoms with van der Waals surface area (Å²) in [6.45, 7) is 0.110. The van der Waals surface area contributed by atoms with Crippen LogP contribution in [0.3, 0.4) is 0 Å². The summed E-state index contributed by atoms with van der Waals surface area (Å²) >= 11 is 0. The van der Waals surface area contributed by atoms with Gasteiger partial charge in [-0.1, -0.05) is 0 Å². The van der Waals surface area contributed by atoms with Crippen LogP contribution < -0.4 is 11.5 Å². The van der Waals surface area contributed by atoms with Crippen LogP contribution in [-0.4, -0.2) is 69.3 Å². The standard InChI is InChI=1S/C10H14N6O3.H3O4P/c11-1-4-6(17)7(18)10(19-4)16-3-15-5-8(12)13-2-14-9(5)16;1-5(2,3)4/h2-4,6-7,10,17-18H,1,11H2,(H2,12,13,14);(H3,1,2,3,4)/t4-,6-,7-,10-;/m1./s1. The number of anilines is 1. The molecule has 3 rings (SSSR count). The van der Waals surface area contributed by atoms with E-state index in [-0.39, 0.29) is 12.4 Å². The second-order valence-electron chi connectivity index (χ2n) is 4.88. The number of fused-ring (bicyclic) bond motifs is 1. The van der Waals surface area contributed by atoms with Gasteiger partial charge >= 0.3 is 7.82 Å². The van der Waals surface area contributed by atoms with Crippen molar-refractivity contribution in [2.75, 3.05) is 12.3 Å². The van der Waals surface area contributed by atoms with Crippen LogP contribution in [-0.2, 0) is 9.30 Å². The average molecular weight is 364 g/mol. The van der Waals surface area contributed by atoms with E-state index in [1.54, 1.807) is 0 Å². The Kier molecular flexibility index (Phi) is 5.47. The molecule has 0 bridgehead atoms. The van der Waals surface area contributed by atoms with E-state index in [1.807, 2.05) is 0 Å². The number of hydrogen-bond donors (Lipinski definition) is 7. The number of hydrogen-bond acceptors (Lipinski definition) is 9. The topological polar surface area (TPSA) is 223 Å². The largest absolute Gasteiger partial charge is 0.466 e. The van der Waals surface area contributed by atoms with E-state index in [1.165, 1.54) is 17.2 Å². The summed E-state index contributed by atoms with van der Waals surface area (Å²) in [5.41, 5.74) is 12.0. The normalized spacial score (nSPS) is 27.1. The number of nitrogen functional groups attached to an aromatic ring is 1. The summed E-state index contributed by atoms with van der Waals surface area (Å²) in [5.74, 6) is 0.243. The Bertz CT molecular complexity index is 742. The summed E-state index contributed by atoms with van der Waals surface area (Å²) in [6, 6.07) is 0. The van der Waals surface area contributed by atoms with Crippen LogP contribution in [0.25, 0.3) is 11.2 Å². The molecule has 0 saturated carbocycles. The maximum atomic E-state index is 10.0. The predicted molar refractivity (Wildman–Crippen MR) is 79.0 cm³/mol. The van der Waals surface area contributed by atoms with E-state index >= 15 is 0 Å². The first-order valence-electron chi connectivity index (χ1n) is 6.56. The lowest BCUT2D eigenvalue weighted by molar-refractivity contribution is -0.0322. The highest BCUT2D eigenvalue weighted by atomic mass is 31.2. The summed E-state index contributed by atoms with van der Waals surface area (Å²) < 4.78 is 15.9. The quantitative estimate of drug-likeness (QED) is 0.266. The van der Waals surface area contributed by atoms with Crippen molar-refractivity contribution in [1.29, 1.82) is 0 Å². The molecule has 1 fully saturated rings. The molecule has 24 heavy (non-hydrogen) atoms. The maximum absolute atomic E-state index is 10.0. The predicted octanol–water partition coefficient (Wildman–Crippen LogP) is -2.94. The van der Waals surface area contributed by atoms with Crippen LogP contribution in [0.15, 0.2) is 12.7 Å². The number of rotatable bonds is 2. The van der Waals surface area contributed by atoms with Crippen molar-refractivity contribution < 1.29 is 34.2 Å². The molecule has 9 N–H and O–H groups in total. The Balaban J connectivity index is 0.000000368. The first-order valence-corrected chi connectivity index (χ1v) is 8.13. The van der Waals surface area contributed by atoms with E-state index in [0.29, 0.717) is 11.2 Å². The molecule has 0 radical (unpaired) electrons. The fraction of sp³-hybridized carbons (Fsp3) is 0.500. The SMILES string of the molecule is NC[C@H]1O[C@@H](n2cnc3c(N)ncnc32)[C@H](O)[C@@H]1O.O=P(O)(O)O. The first kappa shape index (κ1) is 18.6. The molecule has 1 aliphatic heterocycles. The fourth-order valence-electron chi connectivity index (χ4n) is 2.21. The van der Waals surface area contributed by atoms with Gasteiger partial charge in [-0.25, -0.2) is 19.5 Å². The number of nitrogens with zero attached hydrogens (tertiary/aromatic N) is 4. The van der Waals surface area contributed by atoms with Crippen molar-refractivity contribution in [2.45, 2.75) is 24.5 Å². The molecule has 2 aromatic rings. The minimum Gasteiger partial charge on any atom is -0.387 e. The van der Waals surface area contributed by atoms with Crippen LogP contribution in [0, 0.1) is 0 Å². The maximum Gasteiger partial charge on any atom is 0.466 e. The van der Waals surface area contributed by atoms with Crippen molar-refractivity contribution >= 4 is 24.8 Å². The van der Waals surface area contributed by atoms with Gasteiger partial charge in [-0.05, 0) is 0 Å². The van der Waals surface area contributed by atoms with Gasteiger partial charge in [-0.15, -0.1) is 0 Å². The van der Waals surface area contributed by atoms with E-state index < -0.39 is 32.4 Å². The summed E-state index contributed by atoms with van der Waals surface area (Å²) in [7, 11) is -4.64. The molecule has 3 heterocycles. The number of nitrogens with two attached hydrogens (primary N) is 2. The molecule has 0 unspecified atom stereocenters. The van der Waals surface area contributed by atoms with Gasteiger partial charge in [-0.2, -0.15) is 0 Å². The third kappa shape index (κ3) is 4.03. The number of aromatic nitrogens is 4. The second-order valence-corrected chi connectivity index (χ2v) is 5.90. The van der Waals surface area contributed by atoms with Gasteiger partial charge in [0.25, 0.3) is 0 Å². The number of aliphatic hydroxyl groups excluding tert-OH is 2. The Hall–Kier alpha value is -1.70. The summed E-state index contributed by atoms with van der Waals surface area (Å²) in [5, 5.41) is 19.8. The molecule has 0 amide bonds. The monoisotopic (exact) mass is 364 g/mol. The van der Waals surface area contributed by atoms with Gasteiger partial charge in [-0.3, -0.25) is 4.57 Å². The number of phosphoric acid groups is 1. The molecule has 1 saturated heterocycles. The zero-order valence-corrected chi connectivity index (χ0v) is 13.0. The van der Waals surface area contributed by atoms with Crippen molar-refractivity contribution in [1.82, 2.24) is 19.5 Å². The highest BCUT2D eigenvalue weighted by Gasteiger charge is 2.43. The van der Waals surface area contributed by atoms with Gasteiger partial charge in [0.2, 0.25) is 0 Å². The van der Waals surface area contributed by atoms with Gasteiger partial charge < -0.3 is 41.1 Å². The molecule has 2 aromatic heterocycles. The minimum atomic E-state index is -4.64. The smallest absolute Gasteiger partial charge is 0.387 e. The Morgan fingerprint density at radius 3 is 2.38 bits per heavy atom. The van der Waals surface area contributed by atoms with Crippen LogP contribution in [0.4, 0.5) is 5.82 Å². The van der Waals surface area contributed by atoms with E-state index in [9.17, 15) is 10.2 Å². The van der Waals surface area contributed by atoms with Gasteiger partial charge in [0.1, 0.15) is 30.2 Å². The highest BCUT2D eigenvalue weighted by molar-refractivity contribution is 7.45. The molecule has 14 heteroatoms. The minimum absolute atomic E-state index is 0.110. The number of ether oxygens (including phenoxy) is 1. The average Bonchev–Trinajstić information content (AvgIpc) is 3.01. The third-order valence-corrected chi connectivity index (χ3v) is 3.23. The summed E-state index contributed by atoms with van der Waals surface area (Å²) in [4.78, 5) is 33.5. The van der Waals surface area contributed by atoms with Crippen LogP contribution in [0.2, 0.25) is 0 Å². The lowest BCUT2D eigenvalue weighted by atomic mass is 10.1. The lowest BCUT2D eigenvalue weighted by Gasteiger charge is -2.16. The van der Waals surface area contributed by atoms with Crippen molar-refractivity contribution in [2.24, 2.45) is 5.73 Å². The Labute approximate surface area is 134 Å². The molecule has 13 nitrogen and oxygen atoms in total. The van der Waals surface area contributed by atoms with E-state index in [0.717, 1.165) is 0 Å². The van der Waals surface area contributed by atoms with Crippen LogP contribution >= 0.6 is 7.82 Å². The first-order chi connectivity index (χ1) is 11.1. The van der Waals surface area contributed by atoms with Crippen LogP contribution in [0.1, 0.15) is 6.23 Å². The zero-order chi connectivity index (χ0) is 18.1. The van der Waals surface area contributed by atoms with E-state index in [4.69, 9.17) is 35.4 Å². The third-order valence-electron chi connectivity index (χ3n) is 3.23. The lowest BCUT2D eigenvalue weighted by Crippen LogP contribution is -2.35. The molecule has 4 atom stereocenters. The highest BCUT2D eigenvalue weighted by Crippen LogP contribution is 2.31. The van der Waals surface area contributed by atoms with Crippen molar-refractivity contribution in [3.63, 3.8) is 0 Å². The zero-order valence-electron chi connectivity index (χ0n) is 12.1. The van der Waals surface area contributed by atoms with Crippen molar-refractivity contribution in [3.8, 4) is 0 Å². The fourth-order valence-corrected chi connectivity index (χ4v) is 2.21. The second kappa shape index (κ2) is 7.04. The van der Waals surface area contributed by atoms with Crippen molar-refractivity contribution in [3.05, 3.63) is 12.7 Å². The Morgan fingerprint density at radius 2 is 1.83 bits per heavy atom. The number of imidazole rings is 1. The van der Waals surface area contributed by atoms with Gasteiger partial charge in [0.05, 0.1) is 6.33 Å². The number of aliphatic hydroxyl groups is 2. The van der Waals surface area contributed by atoms with E-state index in [2.05, 4.69) is 15.0 Å². The van der Waals surface area contributed by atoms with Gasteiger partial charge in [0.15, 0.2) is 17.7 Å². The molecule has 0 aromatic carbocycles. The molecular formula is C10H17N6O7P. The molecule has 0 spiro atoms. The Morgan fingerprint density at radius 1 is 1.21 bits per heavy atom. The molecule has 1 aliphatic rings. The molecule has 134 valence electrons. The molecule has 0 aliphatic carbocycles. The van der Waals surface area contributed by atoms with Gasteiger partial charge in [0, 0.05) is 6.54 Å². The van der Waals surface area contributed by atoms with Crippen LogP contribution in [0.5, 0.6) is 0 Å².